The molecule has 0 aliphatic rings. The van der Waals surface area contributed by atoms with Gasteiger partial charge in [0.05, 0.1) is 12.2 Å². The molecule has 4 heteroatoms. The van der Waals surface area contributed by atoms with E-state index >= 15 is 0 Å². The van der Waals surface area contributed by atoms with Crippen molar-refractivity contribution in [2.75, 3.05) is 0 Å². The van der Waals surface area contributed by atoms with Gasteiger partial charge in [0.1, 0.15) is 11.5 Å². The number of rotatable bonds is 24. The van der Waals surface area contributed by atoms with Crippen molar-refractivity contribution in [2.24, 2.45) is 0 Å². The molecule has 1 aromatic carbocycles. The van der Waals surface area contributed by atoms with Crippen LogP contribution in [-0.4, -0.2) is 32.6 Å². The molecule has 1 rings (SSSR count). The van der Waals surface area contributed by atoms with Crippen molar-refractivity contribution in [1.29, 1.82) is 0 Å². The molecule has 0 spiro atoms. The van der Waals surface area contributed by atoms with E-state index in [9.17, 15) is 20.4 Å². The number of aryl methyl sites for hydroxylation is 1. The number of hydrogen-bond acceptors (Lipinski definition) is 4. The van der Waals surface area contributed by atoms with Gasteiger partial charge in [-0.3, -0.25) is 0 Å². The van der Waals surface area contributed by atoms with Gasteiger partial charge in [0.15, 0.2) is 0 Å². The SMILES string of the molecule is CCCCCCCCC(O)C(O)CCCCCCCCCCCCCCCc1ccc(O)cc1O. The Labute approximate surface area is 216 Å². The quantitative estimate of drug-likeness (QED) is 0.109. The van der Waals surface area contributed by atoms with Crippen LogP contribution < -0.4 is 0 Å². The van der Waals surface area contributed by atoms with Crippen molar-refractivity contribution < 1.29 is 20.4 Å². The number of unbranched alkanes of at least 4 members (excludes halogenated alkanes) is 17. The molecule has 0 amide bonds. The number of phenolic OH excluding ortho intramolecular Hbond substituents is 2. The summed E-state index contributed by atoms with van der Waals surface area (Å²) in [4.78, 5) is 0. The molecule has 35 heavy (non-hydrogen) atoms. The van der Waals surface area contributed by atoms with Gasteiger partial charge in [0.2, 0.25) is 0 Å². The second-order valence-electron chi connectivity index (χ2n) is 10.6. The summed E-state index contributed by atoms with van der Waals surface area (Å²) in [7, 11) is 0. The van der Waals surface area contributed by atoms with E-state index in [1.54, 1.807) is 6.07 Å². The third kappa shape index (κ3) is 17.8. The average molecular weight is 493 g/mol. The molecule has 2 unspecified atom stereocenters. The van der Waals surface area contributed by atoms with E-state index in [1.165, 1.54) is 109 Å². The summed E-state index contributed by atoms with van der Waals surface area (Å²) in [6.07, 6.45) is 24.9. The zero-order valence-electron chi connectivity index (χ0n) is 22.7. The highest BCUT2D eigenvalue weighted by Gasteiger charge is 2.15. The molecular weight excluding hydrogens is 436 g/mol. The number of phenols is 2. The fourth-order valence-corrected chi connectivity index (χ4v) is 4.90. The Hall–Kier alpha value is -1.26. The number of aromatic hydroxyl groups is 2. The van der Waals surface area contributed by atoms with E-state index in [1.807, 2.05) is 6.07 Å². The van der Waals surface area contributed by atoms with Crippen LogP contribution in [0.1, 0.15) is 147 Å². The van der Waals surface area contributed by atoms with Crippen LogP contribution in [-0.2, 0) is 6.42 Å². The molecule has 0 aromatic heterocycles. The lowest BCUT2D eigenvalue weighted by atomic mass is 9.99. The second-order valence-corrected chi connectivity index (χ2v) is 10.6. The smallest absolute Gasteiger partial charge is 0.122 e. The van der Waals surface area contributed by atoms with E-state index < -0.39 is 12.2 Å². The molecule has 0 saturated carbocycles. The van der Waals surface area contributed by atoms with E-state index in [0.717, 1.165) is 44.1 Å². The third-order valence-corrected chi connectivity index (χ3v) is 7.31. The fraction of sp³-hybridized carbons (Fsp3) is 0.806. The maximum Gasteiger partial charge on any atom is 0.122 e. The predicted octanol–water partition coefficient (Wildman–Crippen LogP) is 8.57. The van der Waals surface area contributed by atoms with Gasteiger partial charge in [-0.1, -0.05) is 129 Å². The summed E-state index contributed by atoms with van der Waals surface area (Å²) in [6, 6.07) is 4.88. The Morgan fingerprint density at radius 2 is 0.943 bits per heavy atom. The molecule has 0 radical (unpaired) electrons. The highest BCUT2D eigenvalue weighted by atomic mass is 16.3. The van der Waals surface area contributed by atoms with Crippen LogP contribution in [0.25, 0.3) is 0 Å². The molecule has 0 heterocycles. The minimum Gasteiger partial charge on any atom is -0.508 e. The normalized spacial score (nSPS) is 13.2. The van der Waals surface area contributed by atoms with Crippen molar-refractivity contribution in [2.45, 2.75) is 160 Å². The Morgan fingerprint density at radius 3 is 1.37 bits per heavy atom. The zero-order chi connectivity index (χ0) is 25.6. The first-order chi connectivity index (χ1) is 17.0. The molecular formula is C31H56O4. The monoisotopic (exact) mass is 492 g/mol. The molecule has 4 nitrogen and oxygen atoms in total. The van der Waals surface area contributed by atoms with Crippen molar-refractivity contribution >= 4 is 0 Å². The number of aliphatic hydroxyl groups is 2. The third-order valence-electron chi connectivity index (χ3n) is 7.31. The van der Waals surface area contributed by atoms with E-state index in [0.29, 0.717) is 0 Å². The van der Waals surface area contributed by atoms with Crippen LogP contribution in [0.3, 0.4) is 0 Å². The Kier molecular flexibility index (Phi) is 19.9. The Balaban J connectivity index is 1.81. The van der Waals surface area contributed by atoms with E-state index in [-0.39, 0.29) is 11.5 Å². The van der Waals surface area contributed by atoms with Gasteiger partial charge < -0.3 is 20.4 Å². The minimum atomic E-state index is -0.536. The van der Waals surface area contributed by atoms with E-state index in [2.05, 4.69) is 6.92 Å². The van der Waals surface area contributed by atoms with Gasteiger partial charge in [-0.25, -0.2) is 0 Å². The summed E-state index contributed by atoms with van der Waals surface area (Å²) < 4.78 is 0. The van der Waals surface area contributed by atoms with Crippen LogP contribution in [0.5, 0.6) is 11.5 Å². The Morgan fingerprint density at radius 1 is 0.543 bits per heavy atom. The second kappa shape index (κ2) is 22.0. The number of hydrogen-bond donors (Lipinski definition) is 4. The summed E-state index contributed by atoms with van der Waals surface area (Å²) in [5.41, 5.74) is 0.931. The standard InChI is InChI=1S/C31H56O4/c1-2-3-4-5-16-19-22-29(33)30(34)23-20-17-14-12-10-8-6-7-9-11-13-15-18-21-27-24-25-28(32)26-31(27)35/h24-26,29-30,32-35H,2-23H2,1H3. The van der Waals surface area contributed by atoms with Crippen LogP contribution in [0.15, 0.2) is 18.2 Å². The van der Waals surface area contributed by atoms with E-state index in [4.69, 9.17) is 0 Å². The predicted molar refractivity (Wildman–Crippen MR) is 148 cm³/mol. The van der Waals surface area contributed by atoms with Crippen molar-refractivity contribution in [3.63, 3.8) is 0 Å². The minimum absolute atomic E-state index is 0.121. The molecule has 1 aromatic rings. The first kappa shape index (κ1) is 31.8. The van der Waals surface area contributed by atoms with Crippen LogP contribution in [0.4, 0.5) is 0 Å². The van der Waals surface area contributed by atoms with Gasteiger partial charge in [-0.05, 0) is 37.3 Å². The molecule has 0 fully saturated rings. The molecule has 0 saturated heterocycles. The number of benzene rings is 1. The lowest BCUT2D eigenvalue weighted by molar-refractivity contribution is 0.00712. The molecule has 0 bridgehead atoms. The summed E-state index contributed by atoms with van der Waals surface area (Å²) in [6.45, 7) is 2.23. The molecule has 0 aliphatic carbocycles. The van der Waals surface area contributed by atoms with Gasteiger partial charge in [-0.2, -0.15) is 0 Å². The fourth-order valence-electron chi connectivity index (χ4n) is 4.90. The lowest BCUT2D eigenvalue weighted by Crippen LogP contribution is -2.25. The largest absolute Gasteiger partial charge is 0.508 e. The van der Waals surface area contributed by atoms with Gasteiger partial charge in [-0.15, -0.1) is 0 Å². The summed E-state index contributed by atoms with van der Waals surface area (Å²) in [5.74, 6) is 0.330. The maximum absolute atomic E-state index is 10.2. The van der Waals surface area contributed by atoms with Crippen LogP contribution >= 0.6 is 0 Å². The summed E-state index contributed by atoms with van der Waals surface area (Å²) >= 11 is 0. The van der Waals surface area contributed by atoms with Crippen LogP contribution in [0, 0.1) is 0 Å². The van der Waals surface area contributed by atoms with Crippen molar-refractivity contribution in [3.8, 4) is 11.5 Å². The average Bonchev–Trinajstić information content (AvgIpc) is 2.84. The summed E-state index contributed by atoms with van der Waals surface area (Å²) in [5, 5.41) is 39.4. The first-order valence-corrected chi connectivity index (χ1v) is 14.9. The Bertz CT molecular complexity index is 604. The number of aliphatic hydroxyl groups excluding tert-OH is 2. The molecule has 0 aliphatic heterocycles. The maximum atomic E-state index is 10.2. The highest BCUT2D eigenvalue weighted by Crippen LogP contribution is 2.24. The molecule has 204 valence electrons. The molecule has 4 N–H and O–H groups in total. The van der Waals surface area contributed by atoms with Gasteiger partial charge in [0, 0.05) is 6.07 Å². The van der Waals surface area contributed by atoms with Gasteiger partial charge in [0.25, 0.3) is 0 Å². The molecule has 2 atom stereocenters. The van der Waals surface area contributed by atoms with Crippen molar-refractivity contribution in [1.82, 2.24) is 0 Å². The van der Waals surface area contributed by atoms with Crippen LogP contribution in [0.2, 0.25) is 0 Å². The lowest BCUT2D eigenvalue weighted by Gasteiger charge is -2.17. The first-order valence-electron chi connectivity index (χ1n) is 14.9. The van der Waals surface area contributed by atoms with Crippen molar-refractivity contribution in [3.05, 3.63) is 23.8 Å². The zero-order valence-corrected chi connectivity index (χ0v) is 22.7. The topological polar surface area (TPSA) is 80.9 Å². The van der Waals surface area contributed by atoms with Gasteiger partial charge >= 0.3 is 0 Å². The highest BCUT2D eigenvalue weighted by molar-refractivity contribution is 5.38.